The molecule has 3 aliphatic heterocycles. The number of ketones is 1. The summed E-state index contributed by atoms with van der Waals surface area (Å²) in [6, 6.07) is 7.61. The third-order valence-corrected chi connectivity index (χ3v) is 8.95. The predicted octanol–water partition coefficient (Wildman–Crippen LogP) is 3.45. The number of aryl methyl sites for hydroxylation is 1. The van der Waals surface area contributed by atoms with Gasteiger partial charge in [-0.1, -0.05) is 0 Å². The van der Waals surface area contributed by atoms with Crippen molar-refractivity contribution in [3.63, 3.8) is 0 Å². The van der Waals surface area contributed by atoms with Crippen LogP contribution in [0.4, 0.5) is 0 Å². The summed E-state index contributed by atoms with van der Waals surface area (Å²) in [6.07, 6.45) is 4.35. The Morgan fingerprint density at radius 2 is 2.03 bits per heavy atom. The summed E-state index contributed by atoms with van der Waals surface area (Å²) >= 11 is 0. The van der Waals surface area contributed by atoms with Gasteiger partial charge in [-0.25, -0.2) is 8.42 Å². The number of rotatable bonds is 3. The normalized spacial score (nSPS) is 22.2. The summed E-state index contributed by atoms with van der Waals surface area (Å²) in [7, 11) is 0.592. The monoisotopic (exact) mass is 494 g/mol. The van der Waals surface area contributed by atoms with Gasteiger partial charge >= 0.3 is 0 Å². The van der Waals surface area contributed by atoms with Gasteiger partial charge in [0.25, 0.3) is 0 Å². The number of allylic oxidation sites excluding steroid dienone is 1. The molecule has 0 bridgehead atoms. The second kappa shape index (κ2) is 7.86. The van der Waals surface area contributed by atoms with Crippen LogP contribution in [0.1, 0.15) is 33.5 Å². The third kappa shape index (κ3) is 3.61. The van der Waals surface area contributed by atoms with Gasteiger partial charge < -0.3 is 18.8 Å². The molecule has 4 heterocycles. The number of benzene rings is 2. The molecule has 6 rings (SSSR count). The van der Waals surface area contributed by atoms with E-state index in [0.29, 0.717) is 36.8 Å². The number of carbonyl (C=O) groups is 1. The Balaban J connectivity index is 1.34. The summed E-state index contributed by atoms with van der Waals surface area (Å²) in [5.74, 6) is 2.43. The van der Waals surface area contributed by atoms with Crippen LogP contribution in [-0.2, 0) is 23.4 Å². The molecule has 2 aromatic carbocycles. The van der Waals surface area contributed by atoms with Crippen molar-refractivity contribution in [1.29, 1.82) is 0 Å². The highest BCUT2D eigenvalue weighted by Crippen LogP contribution is 2.44. The minimum absolute atomic E-state index is 0.0625. The van der Waals surface area contributed by atoms with E-state index in [1.807, 2.05) is 53.9 Å². The van der Waals surface area contributed by atoms with E-state index < -0.39 is 9.84 Å². The lowest BCUT2D eigenvalue weighted by molar-refractivity contribution is 0.0637. The van der Waals surface area contributed by atoms with Crippen molar-refractivity contribution in [1.82, 2.24) is 9.47 Å². The predicted molar refractivity (Wildman–Crippen MR) is 132 cm³/mol. The first-order valence-corrected chi connectivity index (χ1v) is 13.4. The van der Waals surface area contributed by atoms with Crippen LogP contribution in [0.15, 0.2) is 36.2 Å². The second-order valence-electron chi connectivity index (χ2n) is 9.46. The number of aromatic nitrogens is 1. The SMILES string of the molecule is COc1ccc2c(c1)c(/C=C1\Oc3c(cc4c(c3C)OCN(C3CCS(=O)(=O)C3)C4)C1=O)cn2C. The highest BCUT2D eigenvalue weighted by Gasteiger charge is 2.37. The molecule has 3 aromatic rings. The zero-order chi connectivity index (χ0) is 24.5. The molecular weight excluding hydrogens is 468 g/mol. The van der Waals surface area contributed by atoms with Crippen LogP contribution >= 0.6 is 0 Å². The van der Waals surface area contributed by atoms with Gasteiger partial charge in [-0.05, 0) is 43.7 Å². The third-order valence-electron chi connectivity index (χ3n) is 7.20. The van der Waals surface area contributed by atoms with E-state index in [1.54, 1.807) is 13.2 Å². The van der Waals surface area contributed by atoms with E-state index >= 15 is 0 Å². The summed E-state index contributed by atoms with van der Waals surface area (Å²) in [6.45, 7) is 2.76. The lowest BCUT2D eigenvalue weighted by Crippen LogP contribution is -2.41. The van der Waals surface area contributed by atoms with Gasteiger partial charge in [-0.2, -0.15) is 0 Å². The summed E-state index contributed by atoms with van der Waals surface area (Å²) in [5, 5.41) is 0.966. The first-order chi connectivity index (χ1) is 16.7. The average molecular weight is 495 g/mol. The van der Waals surface area contributed by atoms with Crippen molar-refractivity contribution in [3.8, 4) is 17.2 Å². The number of fused-ring (bicyclic) bond motifs is 3. The van der Waals surface area contributed by atoms with Crippen molar-refractivity contribution < 1.29 is 27.4 Å². The maximum atomic E-state index is 13.4. The number of hydrogen-bond acceptors (Lipinski definition) is 7. The van der Waals surface area contributed by atoms with Crippen molar-refractivity contribution >= 4 is 32.6 Å². The zero-order valence-electron chi connectivity index (χ0n) is 19.8. The van der Waals surface area contributed by atoms with Gasteiger partial charge in [-0.15, -0.1) is 0 Å². The van der Waals surface area contributed by atoms with Crippen LogP contribution in [0, 0.1) is 6.92 Å². The molecule has 3 aliphatic rings. The fourth-order valence-electron chi connectivity index (χ4n) is 5.35. The van der Waals surface area contributed by atoms with Gasteiger partial charge in [0.05, 0.1) is 24.2 Å². The number of hydrogen-bond donors (Lipinski definition) is 0. The Kier molecular flexibility index (Phi) is 4.98. The minimum atomic E-state index is -2.99. The summed E-state index contributed by atoms with van der Waals surface area (Å²) in [5.41, 5.74) is 4.06. The molecule has 1 fully saturated rings. The number of sulfone groups is 1. The molecule has 0 amide bonds. The van der Waals surface area contributed by atoms with Crippen LogP contribution in [0.2, 0.25) is 0 Å². The molecule has 9 heteroatoms. The maximum Gasteiger partial charge on any atom is 0.231 e. The van der Waals surface area contributed by atoms with Crippen LogP contribution in [0.5, 0.6) is 17.2 Å². The molecule has 0 aliphatic carbocycles. The maximum absolute atomic E-state index is 13.4. The molecular formula is C26H26N2O6S. The topological polar surface area (TPSA) is 87.1 Å². The largest absolute Gasteiger partial charge is 0.497 e. The smallest absolute Gasteiger partial charge is 0.231 e. The first-order valence-electron chi connectivity index (χ1n) is 11.5. The molecule has 0 N–H and O–H groups in total. The van der Waals surface area contributed by atoms with E-state index in [-0.39, 0.29) is 29.1 Å². The standard InChI is InChI=1S/C26H26N2O6S/c1-15-25-17(12-28(14-33-25)18-6-7-35(30,31)13-18)8-21-24(29)23(34-26(15)21)9-16-11-27(2)22-5-4-19(32-3)10-20(16)22/h4-5,8-11,18H,6-7,12-14H2,1-3H3/b23-9-. The second-order valence-corrected chi connectivity index (χ2v) is 11.7. The van der Waals surface area contributed by atoms with E-state index in [9.17, 15) is 13.2 Å². The van der Waals surface area contributed by atoms with Crippen LogP contribution in [-0.4, -0.2) is 55.1 Å². The van der Waals surface area contributed by atoms with Crippen LogP contribution in [0.25, 0.3) is 17.0 Å². The molecule has 1 atom stereocenters. The van der Waals surface area contributed by atoms with E-state index in [2.05, 4.69) is 0 Å². The zero-order valence-corrected chi connectivity index (χ0v) is 20.6. The first kappa shape index (κ1) is 22.2. The number of methoxy groups -OCH3 is 1. The van der Waals surface area contributed by atoms with Crippen molar-refractivity contribution in [2.75, 3.05) is 25.3 Å². The summed E-state index contributed by atoms with van der Waals surface area (Å²) < 4.78 is 43.4. The Labute approximate surface area is 203 Å². The number of Topliss-reactive ketones (excluding diaryl/α,β-unsaturated/α-hetero) is 1. The molecule has 0 spiro atoms. The number of ether oxygens (including phenoxy) is 3. The molecule has 1 unspecified atom stereocenters. The van der Waals surface area contributed by atoms with Crippen molar-refractivity contribution in [2.24, 2.45) is 7.05 Å². The van der Waals surface area contributed by atoms with Crippen LogP contribution in [0.3, 0.4) is 0 Å². The van der Waals surface area contributed by atoms with Gasteiger partial charge in [0.1, 0.15) is 24.0 Å². The Hall–Kier alpha value is -3.30. The Bertz CT molecular complexity index is 1540. The molecule has 8 nitrogen and oxygen atoms in total. The molecule has 0 saturated carbocycles. The Morgan fingerprint density at radius 3 is 2.77 bits per heavy atom. The fraction of sp³-hybridized carbons (Fsp3) is 0.346. The van der Waals surface area contributed by atoms with Crippen molar-refractivity contribution in [2.45, 2.75) is 25.9 Å². The van der Waals surface area contributed by atoms with Gasteiger partial charge in [0.15, 0.2) is 15.6 Å². The minimum Gasteiger partial charge on any atom is -0.497 e. The van der Waals surface area contributed by atoms with Gasteiger partial charge in [0.2, 0.25) is 5.78 Å². The van der Waals surface area contributed by atoms with E-state index in [1.165, 1.54) is 0 Å². The van der Waals surface area contributed by atoms with Gasteiger partial charge in [0, 0.05) is 53.4 Å². The molecule has 1 saturated heterocycles. The molecule has 1 aromatic heterocycles. The fourth-order valence-corrected chi connectivity index (χ4v) is 7.11. The molecule has 0 radical (unpaired) electrons. The average Bonchev–Trinajstić information content (AvgIpc) is 3.47. The lowest BCUT2D eigenvalue weighted by Gasteiger charge is -2.33. The van der Waals surface area contributed by atoms with Crippen LogP contribution < -0.4 is 14.2 Å². The quantitative estimate of drug-likeness (QED) is 0.516. The van der Waals surface area contributed by atoms with Crippen molar-refractivity contribution in [3.05, 3.63) is 58.5 Å². The Morgan fingerprint density at radius 1 is 1.20 bits per heavy atom. The highest BCUT2D eigenvalue weighted by atomic mass is 32.2. The molecule has 182 valence electrons. The number of carbonyl (C=O) groups excluding carboxylic acids is 1. The summed E-state index contributed by atoms with van der Waals surface area (Å²) in [4.78, 5) is 15.4. The van der Waals surface area contributed by atoms with E-state index in [0.717, 1.165) is 33.3 Å². The number of nitrogens with zero attached hydrogens (tertiary/aromatic N) is 2. The van der Waals surface area contributed by atoms with E-state index in [4.69, 9.17) is 14.2 Å². The highest BCUT2D eigenvalue weighted by molar-refractivity contribution is 7.91. The molecule has 35 heavy (non-hydrogen) atoms. The lowest BCUT2D eigenvalue weighted by atomic mass is 9.99. The van der Waals surface area contributed by atoms with Gasteiger partial charge in [-0.3, -0.25) is 9.69 Å².